The Morgan fingerprint density at radius 2 is 1.93 bits per heavy atom. The summed E-state index contributed by atoms with van der Waals surface area (Å²) in [5.74, 6) is -0.775. The van der Waals surface area contributed by atoms with Crippen molar-refractivity contribution in [3.8, 4) is 0 Å². The van der Waals surface area contributed by atoms with Crippen LogP contribution in [0.1, 0.15) is 96.0 Å². The molecule has 41 heavy (non-hydrogen) atoms. The standard InChI is InChI=1S/C34H52N2O5/c1-2-3-5-8-23-11-12-25(30(37)20-23)9-6-4-7-10-28(33(39)40)32(38)27-13-14-29-26(15-17-34(29,41)22-27)19-24-16-18-36-31(35)21-24/h11-14,16,18,21,23,25-30,32,37-38,41H,2-10,15,17,19-20,22H2,1H3,(H2,35,36)(H,39,40). The van der Waals surface area contributed by atoms with Gasteiger partial charge in [0.15, 0.2) is 0 Å². The smallest absolute Gasteiger partial charge is 0.309 e. The molecule has 1 fully saturated rings. The Bertz CT molecular complexity index is 1040. The van der Waals surface area contributed by atoms with Gasteiger partial charge in [-0.25, -0.2) is 4.98 Å². The van der Waals surface area contributed by atoms with Gasteiger partial charge in [0.05, 0.1) is 23.7 Å². The van der Waals surface area contributed by atoms with Gasteiger partial charge in [0.1, 0.15) is 5.82 Å². The Balaban J connectivity index is 1.23. The van der Waals surface area contributed by atoms with Gasteiger partial charge in [-0.2, -0.15) is 0 Å². The van der Waals surface area contributed by atoms with Gasteiger partial charge in [-0.15, -0.1) is 0 Å². The Morgan fingerprint density at radius 3 is 2.66 bits per heavy atom. The zero-order valence-electron chi connectivity index (χ0n) is 24.8. The van der Waals surface area contributed by atoms with Gasteiger partial charge in [0, 0.05) is 24.0 Å². The number of aliphatic hydroxyl groups excluding tert-OH is 2. The lowest BCUT2D eigenvalue weighted by molar-refractivity contribution is -0.148. The molecule has 3 aliphatic rings. The maximum absolute atomic E-state index is 12.1. The van der Waals surface area contributed by atoms with Crippen LogP contribution in [-0.2, 0) is 11.2 Å². The number of hydrogen-bond donors (Lipinski definition) is 5. The summed E-state index contributed by atoms with van der Waals surface area (Å²) >= 11 is 0. The molecule has 3 aliphatic carbocycles. The molecule has 1 heterocycles. The number of pyridine rings is 1. The van der Waals surface area contributed by atoms with Gasteiger partial charge in [-0.3, -0.25) is 4.79 Å². The zero-order chi connectivity index (χ0) is 29.4. The van der Waals surface area contributed by atoms with Gasteiger partial charge < -0.3 is 26.2 Å². The number of nitrogens with two attached hydrogens (primary N) is 1. The van der Waals surface area contributed by atoms with E-state index in [1.807, 2.05) is 24.3 Å². The topological polar surface area (TPSA) is 137 Å². The third-order valence-corrected chi connectivity index (χ3v) is 10.1. The number of carboxylic acids is 1. The van der Waals surface area contributed by atoms with E-state index in [0.29, 0.717) is 31.0 Å². The van der Waals surface area contributed by atoms with Gasteiger partial charge in [-0.1, -0.05) is 69.8 Å². The van der Waals surface area contributed by atoms with Gasteiger partial charge in [-0.05, 0) is 80.9 Å². The van der Waals surface area contributed by atoms with Crippen LogP contribution in [-0.4, -0.2) is 49.2 Å². The monoisotopic (exact) mass is 568 g/mol. The molecule has 1 saturated carbocycles. The summed E-state index contributed by atoms with van der Waals surface area (Å²) in [6.45, 7) is 2.21. The van der Waals surface area contributed by atoms with Crippen LogP contribution in [0.15, 0.2) is 42.6 Å². The van der Waals surface area contributed by atoms with Crippen LogP contribution in [0.3, 0.4) is 0 Å². The largest absolute Gasteiger partial charge is 0.481 e. The molecule has 1 aromatic rings. The second kappa shape index (κ2) is 14.8. The van der Waals surface area contributed by atoms with E-state index in [2.05, 4.69) is 24.1 Å². The van der Waals surface area contributed by atoms with E-state index in [9.17, 15) is 25.2 Å². The molecule has 0 aliphatic heterocycles. The summed E-state index contributed by atoms with van der Waals surface area (Å²) < 4.78 is 0. The van der Waals surface area contributed by atoms with Crippen molar-refractivity contribution >= 4 is 11.8 Å². The molecule has 7 nitrogen and oxygen atoms in total. The number of aliphatic hydroxyl groups is 3. The van der Waals surface area contributed by atoms with Gasteiger partial charge in [0.25, 0.3) is 0 Å². The molecule has 0 bridgehead atoms. The summed E-state index contributed by atoms with van der Waals surface area (Å²) in [6, 6.07) is 3.84. The third kappa shape index (κ3) is 8.42. The van der Waals surface area contributed by atoms with Crippen molar-refractivity contribution in [2.75, 3.05) is 5.73 Å². The van der Waals surface area contributed by atoms with E-state index in [1.54, 1.807) is 6.20 Å². The van der Waals surface area contributed by atoms with E-state index in [4.69, 9.17) is 5.73 Å². The predicted octanol–water partition coefficient (Wildman–Crippen LogP) is 5.69. The maximum atomic E-state index is 12.1. The van der Waals surface area contributed by atoms with Crippen LogP contribution in [0, 0.1) is 35.5 Å². The molecule has 0 saturated heterocycles. The quantitative estimate of drug-likeness (QED) is 0.135. The van der Waals surface area contributed by atoms with E-state index < -0.39 is 23.6 Å². The number of allylic oxidation sites excluding steroid dienone is 1. The van der Waals surface area contributed by atoms with Crippen molar-refractivity contribution in [2.24, 2.45) is 35.5 Å². The van der Waals surface area contributed by atoms with Crippen LogP contribution in [0.25, 0.3) is 0 Å². The number of carboxylic acid groups (broad SMARTS) is 1. The fourth-order valence-electron chi connectivity index (χ4n) is 7.73. The molecule has 9 unspecified atom stereocenters. The minimum Gasteiger partial charge on any atom is -0.481 e. The highest BCUT2D eigenvalue weighted by molar-refractivity contribution is 5.70. The summed E-state index contributed by atoms with van der Waals surface area (Å²) in [6.07, 6.45) is 21.1. The van der Waals surface area contributed by atoms with E-state index in [-0.39, 0.29) is 29.8 Å². The molecule has 0 aromatic carbocycles. The van der Waals surface area contributed by atoms with Crippen LogP contribution in [0.5, 0.6) is 0 Å². The molecule has 0 radical (unpaired) electrons. The minimum atomic E-state index is -1.03. The van der Waals surface area contributed by atoms with Gasteiger partial charge in [0.2, 0.25) is 0 Å². The number of nitrogen functional groups attached to an aromatic ring is 1. The zero-order valence-corrected chi connectivity index (χ0v) is 24.8. The first-order chi connectivity index (χ1) is 19.7. The lowest BCUT2D eigenvalue weighted by Crippen LogP contribution is -2.44. The van der Waals surface area contributed by atoms with E-state index in [1.165, 1.54) is 19.3 Å². The lowest BCUT2D eigenvalue weighted by atomic mass is 9.70. The first-order valence-corrected chi connectivity index (χ1v) is 16.1. The average Bonchev–Trinajstić information content (AvgIpc) is 3.26. The second-order valence-corrected chi connectivity index (χ2v) is 13.2. The molecular formula is C34H52N2O5. The number of carbonyl (C=O) groups is 1. The number of unbranched alkanes of at least 4 members (excludes halogenated alkanes) is 4. The maximum Gasteiger partial charge on any atom is 0.309 e. The number of fused-ring (bicyclic) bond motifs is 1. The van der Waals surface area contributed by atoms with E-state index >= 15 is 0 Å². The van der Waals surface area contributed by atoms with Crippen molar-refractivity contribution in [1.82, 2.24) is 4.98 Å². The fourth-order valence-corrected chi connectivity index (χ4v) is 7.73. The van der Waals surface area contributed by atoms with E-state index in [0.717, 1.165) is 56.9 Å². The molecule has 6 N–H and O–H groups in total. The van der Waals surface area contributed by atoms with Crippen molar-refractivity contribution in [3.63, 3.8) is 0 Å². The van der Waals surface area contributed by atoms with Gasteiger partial charge >= 0.3 is 5.97 Å². The highest BCUT2D eigenvalue weighted by Crippen LogP contribution is 2.49. The Labute approximate surface area is 246 Å². The van der Waals surface area contributed by atoms with Crippen LogP contribution < -0.4 is 5.73 Å². The molecule has 1 aromatic heterocycles. The molecular weight excluding hydrogens is 516 g/mol. The molecule has 9 atom stereocenters. The molecule has 228 valence electrons. The highest BCUT2D eigenvalue weighted by Gasteiger charge is 2.50. The molecule has 4 rings (SSSR count). The lowest BCUT2D eigenvalue weighted by Gasteiger charge is -2.39. The van der Waals surface area contributed by atoms with Crippen LogP contribution >= 0.6 is 0 Å². The normalized spacial score (nSPS) is 32.5. The summed E-state index contributed by atoms with van der Waals surface area (Å²) in [4.78, 5) is 16.2. The average molecular weight is 569 g/mol. The second-order valence-electron chi connectivity index (χ2n) is 13.2. The summed E-state index contributed by atoms with van der Waals surface area (Å²) in [7, 11) is 0. The third-order valence-electron chi connectivity index (χ3n) is 10.1. The molecule has 7 heteroatoms. The Kier molecular flexibility index (Phi) is 11.4. The van der Waals surface area contributed by atoms with Crippen LogP contribution in [0.2, 0.25) is 0 Å². The predicted molar refractivity (Wildman–Crippen MR) is 162 cm³/mol. The first kappa shape index (κ1) is 31.7. The van der Waals surface area contributed by atoms with Crippen molar-refractivity contribution in [1.29, 1.82) is 0 Å². The fraction of sp³-hybridized carbons (Fsp3) is 0.706. The van der Waals surface area contributed by atoms with Crippen LogP contribution in [0.4, 0.5) is 5.82 Å². The SMILES string of the molecule is CCCCCC1C=CC(CCCCCC(C(=O)O)C(O)C2C=CC3C(Cc4ccnc(N)c4)CCC3(O)C2)C(O)C1. The highest BCUT2D eigenvalue weighted by atomic mass is 16.4. The Hall–Kier alpha value is -2.22. The Morgan fingerprint density at radius 1 is 1.12 bits per heavy atom. The van der Waals surface area contributed by atoms with Crippen molar-refractivity contribution in [3.05, 3.63) is 48.2 Å². The number of anilines is 1. The number of rotatable bonds is 15. The molecule has 0 spiro atoms. The number of aliphatic carboxylic acids is 1. The number of aromatic nitrogens is 1. The van der Waals surface area contributed by atoms with Crippen molar-refractivity contribution < 1.29 is 25.2 Å². The van der Waals surface area contributed by atoms with Crippen molar-refractivity contribution in [2.45, 2.75) is 115 Å². The first-order valence-electron chi connectivity index (χ1n) is 16.1. The summed E-state index contributed by atoms with van der Waals surface area (Å²) in [5.41, 5.74) is 6.03. The number of hydrogen-bond acceptors (Lipinski definition) is 6. The summed E-state index contributed by atoms with van der Waals surface area (Å²) in [5, 5.41) is 43.3. The number of nitrogens with zero attached hydrogens (tertiary/aromatic N) is 1. The molecule has 0 amide bonds. The minimum absolute atomic E-state index is 0.0144.